The van der Waals surface area contributed by atoms with Crippen LogP contribution in [0.3, 0.4) is 0 Å². The van der Waals surface area contributed by atoms with Crippen LogP contribution in [0.5, 0.6) is 0 Å². The average Bonchev–Trinajstić information content (AvgIpc) is 2.74. The highest BCUT2D eigenvalue weighted by Gasteiger charge is 2.35. The predicted molar refractivity (Wildman–Crippen MR) is 68.9 cm³/mol. The van der Waals surface area contributed by atoms with Crippen LogP contribution in [0, 0.1) is 5.92 Å². The summed E-state index contributed by atoms with van der Waals surface area (Å²) in [6, 6.07) is 0.169. The molecule has 2 unspecified atom stereocenters. The zero-order valence-electron chi connectivity index (χ0n) is 11.5. The lowest BCUT2D eigenvalue weighted by Crippen LogP contribution is -2.50. The molecule has 4 nitrogen and oxygen atoms in total. The first-order chi connectivity index (χ1) is 8.00. The zero-order chi connectivity index (χ0) is 12.9. The number of nitrogens with one attached hydrogen (secondary N) is 2. The van der Waals surface area contributed by atoms with Crippen LogP contribution in [0.4, 0.5) is 0 Å². The van der Waals surface area contributed by atoms with E-state index in [4.69, 9.17) is 4.74 Å². The minimum atomic E-state index is -0.130. The number of amides is 1. The van der Waals surface area contributed by atoms with Crippen molar-refractivity contribution in [2.45, 2.75) is 52.1 Å². The van der Waals surface area contributed by atoms with Gasteiger partial charge in [0, 0.05) is 11.6 Å². The molecule has 1 amide bonds. The van der Waals surface area contributed by atoms with E-state index >= 15 is 0 Å². The predicted octanol–water partition coefficient (Wildman–Crippen LogP) is 1.31. The van der Waals surface area contributed by atoms with Crippen molar-refractivity contribution in [3.05, 3.63) is 0 Å². The quantitative estimate of drug-likeness (QED) is 0.738. The van der Waals surface area contributed by atoms with Crippen LogP contribution in [-0.2, 0) is 9.53 Å². The Hall–Kier alpha value is -0.610. The van der Waals surface area contributed by atoms with E-state index in [0.29, 0.717) is 13.2 Å². The van der Waals surface area contributed by atoms with Crippen LogP contribution in [0.15, 0.2) is 0 Å². The molecular formula is C13H26N2O2. The van der Waals surface area contributed by atoms with Gasteiger partial charge in [-0.1, -0.05) is 13.8 Å². The Morgan fingerprint density at radius 1 is 1.35 bits per heavy atom. The summed E-state index contributed by atoms with van der Waals surface area (Å²) in [6.07, 6.45) is 2.00. The fourth-order valence-electron chi connectivity index (χ4n) is 1.86. The third-order valence-electron chi connectivity index (χ3n) is 3.42. The van der Waals surface area contributed by atoms with Crippen molar-refractivity contribution in [2.75, 3.05) is 19.8 Å². The van der Waals surface area contributed by atoms with E-state index in [1.807, 2.05) is 0 Å². The van der Waals surface area contributed by atoms with E-state index in [2.05, 4.69) is 38.3 Å². The van der Waals surface area contributed by atoms with Gasteiger partial charge in [-0.2, -0.15) is 0 Å². The lowest BCUT2D eigenvalue weighted by Gasteiger charge is -2.28. The lowest BCUT2D eigenvalue weighted by atomic mass is 9.97. The molecule has 0 aliphatic carbocycles. The summed E-state index contributed by atoms with van der Waals surface area (Å²) in [5, 5.41) is 6.48. The summed E-state index contributed by atoms with van der Waals surface area (Å²) in [4.78, 5) is 12.2. The number of carbonyl (C=O) groups is 1. The maximum Gasteiger partial charge on any atom is 0.227 e. The van der Waals surface area contributed by atoms with Crippen LogP contribution in [-0.4, -0.2) is 37.2 Å². The normalized spacial score (nSPS) is 24.9. The minimum absolute atomic E-state index is 0.0487. The minimum Gasteiger partial charge on any atom is -0.379 e. The molecule has 1 aliphatic rings. The summed E-state index contributed by atoms with van der Waals surface area (Å²) in [5.41, 5.74) is -0.130. The van der Waals surface area contributed by atoms with Crippen molar-refractivity contribution in [3.63, 3.8) is 0 Å². The van der Waals surface area contributed by atoms with Gasteiger partial charge < -0.3 is 15.4 Å². The second-order valence-electron chi connectivity index (χ2n) is 5.43. The van der Waals surface area contributed by atoms with Gasteiger partial charge in [-0.15, -0.1) is 0 Å². The molecule has 2 N–H and O–H groups in total. The average molecular weight is 242 g/mol. The number of carbonyl (C=O) groups excluding carboxylic acids is 1. The molecule has 4 heteroatoms. The Balaban J connectivity index is 2.50. The molecule has 2 atom stereocenters. The molecule has 1 rings (SSSR count). The molecule has 0 bridgehead atoms. The van der Waals surface area contributed by atoms with Gasteiger partial charge in [0.25, 0.3) is 0 Å². The second-order valence-corrected chi connectivity index (χ2v) is 5.43. The van der Waals surface area contributed by atoms with Crippen molar-refractivity contribution < 1.29 is 9.53 Å². The Labute approximate surface area is 104 Å². The molecule has 0 spiro atoms. The van der Waals surface area contributed by atoms with Gasteiger partial charge in [-0.3, -0.25) is 4.79 Å². The molecule has 0 aromatic rings. The molecule has 0 radical (unpaired) electrons. The number of hydrogen-bond donors (Lipinski definition) is 2. The Bertz CT molecular complexity index is 254. The monoisotopic (exact) mass is 242 g/mol. The summed E-state index contributed by atoms with van der Waals surface area (Å²) in [7, 11) is 0. The number of rotatable bonds is 6. The molecule has 0 aromatic carbocycles. The highest BCUT2D eigenvalue weighted by molar-refractivity contribution is 5.80. The van der Waals surface area contributed by atoms with Gasteiger partial charge in [0.15, 0.2) is 0 Å². The maximum atomic E-state index is 12.2. The highest BCUT2D eigenvalue weighted by Crippen LogP contribution is 2.16. The molecular weight excluding hydrogens is 216 g/mol. The molecule has 100 valence electrons. The van der Waals surface area contributed by atoms with Crippen LogP contribution < -0.4 is 10.6 Å². The van der Waals surface area contributed by atoms with Crippen molar-refractivity contribution >= 4 is 5.91 Å². The number of hydrogen-bond acceptors (Lipinski definition) is 3. The van der Waals surface area contributed by atoms with E-state index in [1.54, 1.807) is 0 Å². The van der Waals surface area contributed by atoms with Crippen molar-refractivity contribution in [1.29, 1.82) is 0 Å². The topological polar surface area (TPSA) is 50.4 Å². The second kappa shape index (κ2) is 6.36. The van der Waals surface area contributed by atoms with E-state index in [0.717, 1.165) is 19.4 Å². The Morgan fingerprint density at radius 3 is 2.65 bits per heavy atom. The van der Waals surface area contributed by atoms with Crippen LogP contribution in [0.2, 0.25) is 0 Å². The summed E-state index contributed by atoms with van der Waals surface area (Å²) in [5.74, 6) is 0.0651. The van der Waals surface area contributed by atoms with E-state index < -0.39 is 0 Å². The van der Waals surface area contributed by atoms with Gasteiger partial charge in [0.05, 0.1) is 19.1 Å². The standard InChI is InChI=1S/C13H26N2O2/c1-5-7-14-11-9-17-8-10(11)12(16)15-13(3,4)6-2/h10-11,14H,5-9H2,1-4H3,(H,15,16). The molecule has 0 aromatic heterocycles. The van der Waals surface area contributed by atoms with Crippen molar-refractivity contribution in [3.8, 4) is 0 Å². The third-order valence-corrected chi connectivity index (χ3v) is 3.42. The fourth-order valence-corrected chi connectivity index (χ4v) is 1.86. The summed E-state index contributed by atoms with van der Waals surface area (Å²) in [6.45, 7) is 10.4. The van der Waals surface area contributed by atoms with Crippen molar-refractivity contribution in [1.82, 2.24) is 10.6 Å². The van der Waals surface area contributed by atoms with Crippen molar-refractivity contribution in [2.24, 2.45) is 5.92 Å². The molecule has 0 saturated carbocycles. The molecule has 1 aliphatic heterocycles. The first-order valence-corrected chi connectivity index (χ1v) is 6.63. The van der Waals surface area contributed by atoms with E-state index in [1.165, 1.54) is 0 Å². The van der Waals surface area contributed by atoms with Gasteiger partial charge >= 0.3 is 0 Å². The Morgan fingerprint density at radius 2 is 2.06 bits per heavy atom. The lowest BCUT2D eigenvalue weighted by molar-refractivity contribution is -0.127. The van der Waals surface area contributed by atoms with E-state index in [-0.39, 0.29) is 23.4 Å². The van der Waals surface area contributed by atoms with Gasteiger partial charge in [0.1, 0.15) is 0 Å². The van der Waals surface area contributed by atoms with Crippen LogP contribution in [0.25, 0.3) is 0 Å². The molecule has 17 heavy (non-hydrogen) atoms. The van der Waals surface area contributed by atoms with Gasteiger partial charge in [0.2, 0.25) is 5.91 Å². The largest absolute Gasteiger partial charge is 0.379 e. The SMILES string of the molecule is CCCNC1COCC1C(=O)NC(C)(C)CC. The Kier molecular flexibility index (Phi) is 5.40. The van der Waals surface area contributed by atoms with Gasteiger partial charge in [-0.25, -0.2) is 0 Å². The van der Waals surface area contributed by atoms with E-state index in [9.17, 15) is 4.79 Å². The third kappa shape index (κ3) is 4.28. The van der Waals surface area contributed by atoms with Crippen LogP contribution in [0.1, 0.15) is 40.5 Å². The summed E-state index contributed by atoms with van der Waals surface area (Å²) >= 11 is 0. The maximum absolute atomic E-state index is 12.2. The van der Waals surface area contributed by atoms with Crippen LogP contribution >= 0.6 is 0 Å². The van der Waals surface area contributed by atoms with Gasteiger partial charge in [-0.05, 0) is 33.2 Å². The first kappa shape index (κ1) is 14.5. The number of ether oxygens (including phenoxy) is 1. The molecule has 1 heterocycles. The molecule has 1 fully saturated rings. The fraction of sp³-hybridized carbons (Fsp3) is 0.923. The molecule has 1 saturated heterocycles. The first-order valence-electron chi connectivity index (χ1n) is 6.63. The summed E-state index contributed by atoms with van der Waals surface area (Å²) < 4.78 is 5.41. The zero-order valence-corrected chi connectivity index (χ0v) is 11.5. The smallest absolute Gasteiger partial charge is 0.227 e. The highest BCUT2D eigenvalue weighted by atomic mass is 16.5.